The summed E-state index contributed by atoms with van der Waals surface area (Å²) in [6.45, 7) is 37.6. The van der Waals surface area contributed by atoms with Crippen LogP contribution in [0.25, 0.3) is 0 Å². The van der Waals surface area contributed by atoms with Crippen LogP contribution in [0.1, 0.15) is 111 Å². The molecule has 0 aromatic rings. The SMILES string of the molecule is CC[P+](CC)(CC)CC.CC[P+](CC)(CC)CC.CC[P+](CC)(CC)CC.CC[P+](CC)(CC)CC.[F-].[O-]B([O-])[O-]. The maximum atomic E-state index is 8.42. The van der Waals surface area contributed by atoms with E-state index in [9.17, 15) is 0 Å². The summed E-state index contributed by atoms with van der Waals surface area (Å²) in [6.07, 6.45) is 23.3. The molecule has 0 N–H and O–H groups in total. The molecule has 0 aliphatic heterocycles. The normalized spacial score (nSPS) is 11.2. The molecule has 0 rings (SSSR count). The third kappa shape index (κ3) is 26.5. The van der Waals surface area contributed by atoms with Gasteiger partial charge >= 0.3 is 0 Å². The van der Waals surface area contributed by atoms with E-state index in [1.54, 1.807) is 0 Å². The van der Waals surface area contributed by atoms with Crippen LogP contribution in [0.15, 0.2) is 0 Å². The molecular weight excluding hydrogens is 586 g/mol. The Labute approximate surface area is 264 Å². The van der Waals surface area contributed by atoms with Crippen LogP contribution in [0, 0.1) is 0 Å². The van der Waals surface area contributed by atoms with E-state index in [1.165, 1.54) is 98.6 Å². The van der Waals surface area contributed by atoms with Gasteiger partial charge in [-0.2, -0.15) is 0 Å². The minimum atomic E-state index is -2.92. The maximum absolute atomic E-state index is 8.42. The molecule has 3 nitrogen and oxygen atoms in total. The lowest BCUT2D eigenvalue weighted by Gasteiger charge is -2.35. The van der Waals surface area contributed by atoms with Gasteiger partial charge in [0, 0.05) is 29.0 Å². The summed E-state index contributed by atoms with van der Waals surface area (Å²) >= 11 is 0. The zero-order valence-corrected chi connectivity index (χ0v) is 34.9. The molecule has 0 aliphatic carbocycles. The van der Waals surface area contributed by atoms with E-state index in [1.807, 2.05) is 0 Å². The van der Waals surface area contributed by atoms with Crippen LogP contribution in [0.5, 0.6) is 0 Å². The molecule has 0 aromatic heterocycles. The van der Waals surface area contributed by atoms with Crippen molar-refractivity contribution in [3.63, 3.8) is 0 Å². The first kappa shape index (κ1) is 55.0. The van der Waals surface area contributed by atoms with Gasteiger partial charge in [-0.1, -0.05) is 0 Å². The Balaban J connectivity index is -0.0000000946. The molecule has 0 saturated carbocycles. The van der Waals surface area contributed by atoms with E-state index in [0.29, 0.717) is 0 Å². The van der Waals surface area contributed by atoms with Crippen molar-refractivity contribution in [3.05, 3.63) is 0 Å². The third-order valence-electron chi connectivity index (χ3n) is 10.7. The highest BCUT2D eigenvalue weighted by Crippen LogP contribution is 2.58. The average molecular weight is 667 g/mol. The van der Waals surface area contributed by atoms with Crippen LogP contribution in [0.4, 0.5) is 0 Å². The molecule has 0 saturated heterocycles. The van der Waals surface area contributed by atoms with Crippen molar-refractivity contribution in [1.29, 1.82) is 0 Å². The molecule has 0 amide bonds. The molecule has 256 valence electrons. The van der Waals surface area contributed by atoms with E-state index in [0.717, 1.165) is 0 Å². The lowest BCUT2D eigenvalue weighted by Crippen LogP contribution is -3.00. The Kier molecular flexibility index (Phi) is 46.3. The summed E-state index contributed by atoms with van der Waals surface area (Å²) in [7, 11) is -4.60. The summed E-state index contributed by atoms with van der Waals surface area (Å²) < 4.78 is 0. The standard InChI is InChI=1S/4C8H20P.BO3.FH/c4*1-5-9(6-2,7-3)8-4;2-1(3)4;/h4*5-8H2,1-4H3;;1H/q4*+1;-3;/p-1. The average Bonchev–Trinajstić information content (AvgIpc) is 3.00. The quantitative estimate of drug-likeness (QED) is 0.164. The number of rotatable bonds is 16. The largest absolute Gasteiger partial charge is 1.00 e. The van der Waals surface area contributed by atoms with Crippen molar-refractivity contribution in [1.82, 2.24) is 0 Å². The fourth-order valence-corrected chi connectivity index (χ4v) is 16.1. The molecule has 0 fully saturated rings. The van der Waals surface area contributed by atoms with Crippen LogP contribution >= 0.6 is 29.0 Å². The number of hydrogen-bond acceptors (Lipinski definition) is 3. The van der Waals surface area contributed by atoms with Crippen molar-refractivity contribution in [2.24, 2.45) is 0 Å². The van der Waals surface area contributed by atoms with Gasteiger partial charge in [-0.25, -0.2) is 0 Å². The highest BCUT2D eigenvalue weighted by Gasteiger charge is 2.29. The maximum Gasteiger partial charge on any atom is 0.0565 e. The Morgan fingerprint density at radius 3 is 0.317 bits per heavy atom. The predicted octanol–water partition coefficient (Wildman–Crippen LogP) is 5.39. The van der Waals surface area contributed by atoms with Gasteiger partial charge in [-0.3, -0.25) is 7.32 Å². The fraction of sp³-hybridized carbons (Fsp3) is 1.00. The second-order valence-electron chi connectivity index (χ2n) is 10.7. The van der Waals surface area contributed by atoms with Crippen LogP contribution in [-0.2, 0) is 0 Å². The third-order valence-corrected chi connectivity index (χ3v) is 32.2. The Morgan fingerprint density at radius 1 is 0.268 bits per heavy atom. The van der Waals surface area contributed by atoms with Gasteiger partial charge in [0.15, 0.2) is 0 Å². The Bertz CT molecular complexity index is 335. The first-order valence-electron chi connectivity index (χ1n) is 17.1. The van der Waals surface area contributed by atoms with Crippen molar-refractivity contribution < 1.29 is 19.8 Å². The second kappa shape index (κ2) is 34.5. The lowest BCUT2D eigenvalue weighted by atomic mass is 10.3. The molecule has 41 heavy (non-hydrogen) atoms. The summed E-state index contributed by atoms with van der Waals surface area (Å²) in [4.78, 5) is 0. The molecule has 0 unspecified atom stereocenters. The van der Waals surface area contributed by atoms with Gasteiger partial charge in [-0.05, 0) is 111 Å². The molecule has 0 bridgehead atoms. The van der Waals surface area contributed by atoms with Crippen molar-refractivity contribution in [3.8, 4) is 0 Å². The molecule has 0 aliphatic rings. The van der Waals surface area contributed by atoms with Gasteiger partial charge in [0.05, 0.1) is 98.6 Å². The molecule has 0 spiro atoms. The molecule has 0 radical (unpaired) electrons. The lowest BCUT2D eigenvalue weighted by molar-refractivity contribution is -0.479. The van der Waals surface area contributed by atoms with Gasteiger partial charge in [0.1, 0.15) is 0 Å². The molecule has 9 heteroatoms. The first-order chi connectivity index (χ1) is 18.7. The summed E-state index contributed by atoms with van der Waals surface area (Å²) in [6, 6.07) is 0. The van der Waals surface area contributed by atoms with E-state index in [-0.39, 0.29) is 4.70 Å². The van der Waals surface area contributed by atoms with E-state index in [4.69, 9.17) is 15.1 Å². The van der Waals surface area contributed by atoms with Crippen LogP contribution in [0.3, 0.4) is 0 Å². The van der Waals surface area contributed by atoms with Gasteiger partial charge < -0.3 is 19.8 Å². The minimum absolute atomic E-state index is 0. The fourth-order valence-electron chi connectivity index (χ4n) is 5.37. The molecular formula is C32H80BFO3P4. The zero-order chi connectivity index (χ0) is 32.9. The Hall–Kier alpha value is 1.59. The van der Waals surface area contributed by atoms with E-state index < -0.39 is 36.4 Å². The highest BCUT2D eigenvalue weighted by atomic mass is 31.2. The van der Waals surface area contributed by atoms with Gasteiger partial charge in [0.2, 0.25) is 0 Å². The monoisotopic (exact) mass is 667 g/mol. The molecule has 0 atom stereocenters. The zero-order valence-electron chi connectivity index (χ0n) is 31.3. The summed E-state index contributed by atoms with van der Waals surface area (Å²) in [5.41, 5.74) is 0. The minimum Gasteiger partial charge on any atom is -1.00 e. The van der Waals surface area contributed by atoms with Gasteiger partial charge in [0.25, 0.3) is 0 Å². The molecule has 0 aromatic carbocycles. The van der Waals surface area contributed by atoms with E-state index >= 15 is 0 Å². The topological polar surface area (TPSA) is 69.2 Å². The van der Waals surface area contributed by atoms with E-state index in [2.05, 4.69) is 111 Å². The number of halogens is 1. The second-order valence-corrected chi connectivity index (χ2v) is 31.6. The Morgan fingerprint density at radius 2 is 0.317 bits per heavy atom. The van der Waals surface area contributed by atoms with Gasteiger partial charge in [-0.15, -0.1) is 0 Å². The van der Waals surface area contributed by atoms with Crippen molar-refractivity contribution in [2.45, 2.75) is 111 Å². The van der Waals surface area contributed by atoms with Crippen molar-refractivity contribution in [2.75, 3.05) is 98.6 Å². The smallest absolute Gasteiger partial charge is 0.0565 e. The first-order valence-corrected chi connectivity index (χ1v) is 27.2. The highest BCUT2D eigenvalue weighted by molar-refractivity contribution is 7.76. The van der Waals surface area contributed by atoms with Crippen LogP contribution in [-0.4, -0.2) is 106 Å². The summed E-state index contributed by atoms with van der Waals surface area (Å²) in [5, 5.41) is 25.2. The molecule has 0 heterocycles. The summed E-state index contributed by atoms with van der Waals surface area (Å²) in [5.74, 6) is 0. The van der Waals surface area contributed by atoms with Crippen LogP contribution < -0.4 is 19.8 Å². The number of hydrogen-bond donors (Lipinski definition) is 0. The van der Waals surface area contributed by atoms with Crippen molar-refractivity contribution >= 4 is 36.4 Å². The van der Waals surface area contributed by atoms with Crippen LogP contribution in [0.2, 0.25) is 0 Å². The predicted molar refractivity (Wildman–Crippen MR) is 202 cm³/mol.